The number of hydrogen-bond donors (Lipinski definition) is 7. The van der Waals surface area contributed by atoms with Crippen molar-refractivity contribution in [3.05, 3.63) is 324 Å². The molecule has 4 aliphatic rings. The second kappa shape index (κ2) is 45.9. The van der Waals surface area contributed by atoms with Crippen molar-refractivity contribution >= 4 is 159 Å². The standard InChI is InChI=1S/C28H26ClN5O.C21H24ClN5O2.C21H20ClN5O.C20H15ClN4O.C20H23N5O/c1-3-20-9-11-22(12-10-20)31-28(35)24-17-30-27-25(26(24)29)19(2)32-34(27)23-13-15-33(16-14-23)18-21-7-5-4-6-8-21;1-13-18-19(29-3)17(21(28)24-15-6-4-14(22)5-7-15)12-23-20(18)27(25-13)16-8-10-26(2)11-9-16;1-3-14-4-6-15(7-5-14)25-21(28)17-12-24-20-18(19(17)22)13(2)26-27(20)16-8-10-23-11-9-16;1-13-7-9-14(10-8-13)24-20(26)19-18(21)16-11-23-25(17(16)12-22-19)15-5-3-2-4-6-15;1-13-3-5-16(6-4-13)23-20(26)15-11-18-14(2)24-25(19(18)22-12-15)17-7-9-21-10-8-17/h1,4-12,17,23H,13-16,18H2,2H3,(H,31,35);4-7,12,16H,8-11H2,1-3H3,(H,24,28);1,4-7,12,16,23H,8-11H2,2H3,(H,25,28);2-12H,1H3,(H,24,26);3-6,11-12,17,21H,7-10H2,1-2H3,(H,23,26). The number of aryl methyl sites for hydroxylation is 6. The van der Waals surface area contributed by atoms with Crippen molar-refractivity contribution in [2.75, 3.05) is 93.1 Å². The number of terminal acetylenes is 2. The zero-order chi connectivity index (χ0) is 101. The van der Waals surface area contributed by atoms with E-state index in [0.717, 1.165) is 216 Å². The third-order valence-corrected chi connectivity index (χ3v) is 27.5. The molecule has 0 bridgehead atoms. The Morgan fingerprint density at radius 2 is 0.806 bits per heavy atom. The average molecular weight is 2000 g/mol. The van der Waals surface area contributed by atoms with Gasteiger partial charge in [-0.2, -0.15) is 25.5 Å². The highest BCUT2D eigenvalue weighted by Crippen LogP contribution is 2.40. The molecule has 0 radical (unpaired) electrons. The third kappa shape index (κ3) is 23.1. The van der Waals surface area contributed by atoms with E-state index in [1.54, 1.807) is 109 Å². The highest BCUT2D eigenvalue weighted by molar-refractivity contribution is 6.40. The van der Waals surface area contributed by atoms with Gasteiger partial charge in [-0.3, -0.25) is 28.9 Å². The predicted molar refractivity (Wildman–Crippen MR) is 570 cm³/mol. The Morgan fingerprint density at radius 1 is 0.410 bits per heavy atom. The van der Waals surface area contributed by atoms with Crippen LogP contribution in [0.3, 0.4) is 0 Å². The number of halogens is 4. The van der Waals surface area contributed by atoms with E-state index in [9.17, 15) is 24.0 Å². The third-order valence-electron chi connectivity index (χ3n) is 26.1. The number of aromatic nitrogens is 15. The number of anilines is 5. The Bertz CT molecular complexity index is 7620. The summed E-state index contributed by atoms with van der Waals surface area (Å²) in [4.78, 5) is 91.1. The van der Waals surface area contributed by atoms with Gasteiger partial charge >= 0.3 is 0 Å². The molecule has 7 aromatic carbocycles. The minimum Gasteiger partial charge on any atom is -0.495 e. The van der Waals surface area contributed by atoms with Gasteiger partial charge in [0.1, 0.15) is 17.0 Å². The van der Waals surface area contributed by atoms with Crippen LogP contribution in [0.15, 0.2) is 225 Å². The first-order chi connectivity index (χ1) is 69.8. The smallest absolute Gasteiger partial charge is 0.275 e. The highest BCUT2D eigenvalue weighted by atomic mass is 35.5. The maximum atomic E-state index is 12.9. The second-order valence-corrected chi connectivity index (χ2v) is 37.6. The fourth-order valence-electron chi connectivity index (χ4n) is 18.2. The lowest BCUT2D eigenvalue weighted by atomic mass is 10.0. The first kappa shape index (κ1) is 100. The van der Waals surface area contributed by atoms with Crippen LogP contribution in [-0.2, 0) is 6.54 Å². The van der Waals surface area contributed by atoms with Crippen molar-refractivity contribution < 1.29 is 28.7 Å². The number of rotatable bonds is 18. The van der Waals surface area contributed by atoms with Crippen LogP contribution in [0.4, 0.5) is 28.4 Å². The van der Waals surface area contributed by atoms with Crippen LogP contribution in [0.2, 0.25) is 20.1 Å². The highest BCUT2D eigenvalue weighted by Gasteiger charge is 2.32. The van der Waals surface area contributed by atoms with Crippen molar-refractivity contribution in [3.8, 4) is 36.1 Å². The lowest BCUT2D eigenvalue weighted by molar-refractivity contribution is 0.101. The summed E-state index contributed by atoms with van der Waals surface area (Å²) in [6.45, 7) is 20.6. The molecule has 732 valence electrons. The Hall–Kier alpha value is -15.1. The van der Waals surface area contributed by atoms with Gasteiger partial charge in [-0.05, 0) is 260 Å². The number of ether oxygens (including phenoxy) is 1. The SMILES string of the molecule is C#Cc1ccc(NC(=O)c2cnc3c(c(C)nn3C3CCN(Cc4ccccc4)CC3)c2Cl)cc1.C#Cc1ccc(NC(=O)c2cnc3c(c(C)nn3C3CCNCC3)c2Cl)cc1.COc1c(C(=O)Nc2ccc(Cl)cc2)cnc2c1c(C)nn2C1CCN(C)CC1.Cc1ccc(NC(=O)c2cnc3c(c2)c(C)nn3C2CCNCC2)cc1.Cc1ccc(NC(=O)c2ncc3c(cnn3-c3ccccc3)c2Cl)cc1. The van der Waals surface area contributed by atoms with Crippen molar-refractivity contribution in [2.24, 2.45) is 0 Å². The van der Waals surface area contributed by atoms with E-state index in [1.807, 2.05) is 151 Å². The number of benzene rings is 7. The molecule has 0 saturated carbocycles. The Labute approximate surface area is 853 Å². The molecule has 5 amide bonds. The molecular formula is C110H108Cl4N24O6. The van der Waals surface area contributed by atoms with Gasteiger partial charge in [-0.1, -0.05) is 142 Å². The zero-order valence-electron chi connectivity index (χ0n) is 80.9. The Morgan fingerprint density at radius 3 is 1.28 bits per heavy atom. The zero-order valence-corrected chi connectivity index (χ0v) is 83.9. The van der Waals surface area contributed by atoms with Crippen LogP contribution < -0.4 is 42.0 Å². The number of pyridine rings is 5. The topological polar surface area (TPSA) is 339 Å². The largest absolute Gasteiger partial charge is 0.495 e. The molecule has 30 nitrogen and oxygen atoms in total. The molecule has 7 N–H and O–H groups in total. The van der Waals surface area contributed by atoms with Gasteiger partial charge in [-0.25, -0.2) is 48.3 Å². The predicted octanol–water partition coefficient (Wildman–Crippen LogP) is 20.8. The number of para-hydroxylation sites is 1. The molecule has 0 spiro atoms. The molecule has 4 aliphatic heterocycles. The van der Waals surface area contributed by atoms with Crippen LogP contribution in [0.25, 0.3) is 60.7 Å². The van der Waals surface area contributed by atoms with Gasteiger partial charge in [-0.15, -0.1) is 12.8 Å². The van der Waals surface area contributed by atoms with Crippen molar-refractivity contribution in [2.45, 2.75) is 124 Å². The summed E-state index contributed by atoms with van der Waals surface area (Å²) in [6, 6.07) is 59.7. The van der Waals surface area contributed by atoms with E-state index in [-0.39, 0.29) is 52.3 Å². The minimum atomic E-state index is -0.354. The lowest BCUT2D eigenvalue weighted by Gasteiger charge is -2.32. The van der Waals surface area contributed by atoms with E-state index >= 15 is 0 Å². The van der Waals surface area contributed by atoms with Gasteiger partial charge in [0.2, 0.25) is 0 Å². The van der Waals surface area contributed by atoms with Crippen LogP contribution in [-0.4, -0.2) is 180 Å². The summed E-state index contributed by atoms with van der Waals surface area (Å²) in [6.07, 6.45) is 28.4. The van der Waals surface area contributed by atoms with Crippen molar-refractivity contribution in [1.82, 2.24) is 94.3 Å². The summed E-state index contributed by atoms with van der Waals surface area (Å²) < 4.78 is 15.4. The molecule has 21 rings (SSSR count). The molecule has 4 saturated heterocycles. The molecular weight excluding hydrogens is 1900 g/mol. The van der Waals surface area contributed by atoms with E-state index in [4.69, 9.17) is 79.3 Å². The molecule has 14 heterocycles. The van der Waals surface area contributed by atoms with E-state index in [0.29, 0.717) is 83.3 Å². The number of nitrogens with one attached hydrogen (secondary N) is 7. The number of fused-ring (bicyclic) bond motifs is 5. The number of carbonyl (C=O) groups excluding carboxylic acids is 5. The average Bonchev–Trinajstić information content (AvgIpc) is 1.63. The van der Waals surface area contributed by atoms with Gasteiger partial charge < -0.3 is 46.9 Å². The Kier molecular flexibility index (Phi) is 32.0. The maximum absolute atomic E-state index is 12.9. The summed E-state index contributed by atoms with van der Waals surface area (Å²) in [7, 11) is 3.70. The molecule has 17 aromatic rings. The lowest BCUT2D eigenvalue weighted by Crippen LogP contribution is -2.34. The number of methoxy groups -OCH3 is 1. The van der Waals surface area contributed by atoms with E-state index in [1.165, 1.54) is 18.0 Å². The number of carbonyl (C=O) groups is 5. The molecule has 144 heavy (non-hydrogen) atoms. The molecule has 0 atom stereocenters. The Balaban J connectivity index is 0.000000124. The van der Waals surface area contributed by atoms with Crippen molar-refractivity contribution in [3.63, 3.8) is 0 Å². The molecule has 34 heteroatoms. The molecule has 0 unspecified atom stereocenters. The van der Waals surface area contributed by atoms with Gasteiger partial charge in [0.05, 0.1) is 126 Å². The van der Waals surface area contributed by atoms with Crippen LogP contribution in [0.5, 0.6) is 5.75 Å². The van der Waals surface area contributed by atoms with Gasteiger partial charge in [0, 0.05) is 99.8 Å². The fraction of sp³-hybridized carbons (Fsp3) is 0.264. The summed E-state index contributed by atoms with van der Waals surface area (Å²) in [5, 5.41) is 49.9. The molecule has 10 aromatic heterocycles. The van der Waals surface area contributed by atoms with Crippen LogP contribution in [0.1, 0.15) is 178 Å². The normalized spacial score (nSPS) is 14.3. The second-order valence-electron chi connectivity index (χ2n) is 36.0. The van der Waals surface area contributed by atoms with Crippen molar-refractivity contribution in [1.29, 1.82) is 0 Å². The number of likely N-dealkylation sites (tertiary alicyclic amines) is 2. The molecule has 4 fully saturated rings. The summed E-state index contributed by atoms with van der Waals surface area (Å²) in [5.41, 5.74) is 18.2. The van der Waals surface area contributed by atoms with E-state index in [2.05, 4.69) is 125 Å². The number of hydrogen-bond acceptors (Lipinski definition) is 20. The first-order valence-corrected chi connectivity index (χ1v) is 49.2. The fourth-order valence-corrected chi connectivity index (χ4v) is 19.3. The van der Waals surface area contributed by atoms with Crippen LogP contribution >= 0.6 is 46.4 Å². The van der Waals surface area contributed by atoms with Gasteiger partial charge in [0.15, 0.2) is 22.6 Å². The number of nitrogens with zero attached hydrogens (tertiary/aromatic N) is 17. The first-order valence-electron chi connectivity index (χ1n) is 47.7. The molecule has 0 aliphatic carbocycles. The van der Waals surface area contributed by atoms with Gasteiger partial charge in [0.25, 0.3) is 29.5 Å². The summed E-state index contributed by atoms with van der Waals surface area (Å²) in [5.74, 6) is 4.17. The minimum absolute atomic E-state index is 0.155. The van der Waals surface area contributed by atoms with Crippen LogP contribution in [0, 0.1) is 66.2 Å². The maximum Gasteiger partial charge on any atom is 0.275 e. The quantitative estimate of drug-likeness (QED) is 0.0392. The number of piperidine rings is 4. The monoisotopic (exact) mass is 2000 g/mol. The number of amides is 5. The summed E-state index contributed by atoms with van der Waals surface area (Å²) >= 11 is 25.7. The van der Waals surface area contributed by atoms with E-state index < -0.39 is 0 Å².